The number of isothiocyanates is 1. The van der Waals surface area contributed by atoms with Crippen LogP contribution in [-0.4, -0.2) is 146 Å². The zero-order valence-electron chi connectivity index (χ0n) is 30.0. The summed E-state index contributed by atoms with van der Waals surface area (Å²) in [4.78, 5) is 66.0. The van der Waals surface area contributed by atoms with E-state index in [1.54, 1.807) is 13.8 Å². The topological polar surface area (TPSA) is 287 Å². The monoisotopic (exact) mass is 772 g/mol. The van der Waals surface area contributed by atoms with Crippen molar-refractivity contribution in [2.24, 2.45) is 10.9 Å². The van der Waals surface area contributed by atoms with Crippen LogP contribution in [0.4, 0.5) is 0 Å². The van der Waals surface area contributed by atoms with E-state index in [1.807, 2.05) is 5.16 Å². The number of Topliss-reactive ketones (excluding diaryl/α,β-unsaturated/α-hetero) is 1. The molecular formula is C33H44N2O17S. The highest BCUT2D eigenvalue weighted by molar-refractivity contribution is 7.78. The van der Waals surface area contributed by atoms with E-state index >= 15 is 0 Å². The van der Waals surface area contributed by atoms with E-state index in [0.29, 0.717) is 0 Å². The number of nitrogens with zero attached hydrogens (tertiary/aromatic N) is 1. The van der Waals surface area contributed by atoms with E-state index in [9.17, 15) is 49.5 Å². The fraction of sp³-hybridized carbons (Fsp3) is 0.667. The highest BCUT2D eigenvalue weighted by Gasteiger charge is 2.62. The fourth-order valence-corrected chi connectivity index (χ4v) is 6.41. The van der Waals surface area contributed by atoms with Gasteiger partial charge in [0.2, 0.25) is 0 Å². The molecule has 2 fully saturated rings. The van der Waals surface area contributed by atoms with Crippen molar-refractivity contribution >= 4 is 52.8 Å². The summed E-state index contributed by atoms with van der Waals surface area (Å²) in [5.41, 5.74) is -7.74. The van der Waals surface area contributed by atoms with Gasteiger partial charge in [-0.25, -0.2) is 9.59 Å². The Bertz CT molecular complexity index is 1590. The number of rotatable bonds is 13. The average Bonchev–Trinajstić information content (AvgIpc) is 3.08. The second-order valence-corrected chi connectivity index (χ2v) is 13.1. The number of methoxy groups -OCH3 is 1. The van der Waals surface area contributed by atoms with Crippen LogP contribution in [0.5, 0.6) is 0 Å². The second-order valence-electron chi connectivity index (χ2n) is 13.0. The van der Waals surface area contributed by atoms with Crippen LogP contribution in [-0.2, 0) is 57.1 Å². The van der Waals surface area contributed by atoms with Crippen molar-refractivity contribution in [1.29, 1.82) is 5.41 Å². The first-order valence-electron chi connectivity index (χ1n) is 16.4. The van der Waals surface area contributed by atoms with Crippen molar-refractivity contribution in [3.8, 4) is 0 Å². The van der Waals surface area contributed by atoms with Crippen molar-refractivity contribution in [3.05, 3.63) is 23.1 Å². The number of carbonyl (C=O) groups excluding carboxylic acids is 4. The molecule has 20 heteroatoms. The summed E-state index contributed by atoms with van der Waals surface area (Å²) in [6.07, 6.45) is -15.0. The summed E-state index contributed by atoms with van der Waals surface area (Å²) in [7, 11) is 1.26. The van der Waals surface area contributed by atoms with E-state index in [-0.39, 0.29) is 12.1 Å². The van der Waals surface area contributed by atoms with Gasteiger partial charge in [0.1, 0.15) is 54.2 Å². The summed E-state index contributed by atoms with van der Waals surface area (Å²) in [6, 6.07) is 0. The highest BCUT2D eigenvalue weighted by atomic mass is 32.1. The maximum atomic E-state index is 13.3. The Hall–Kier alpha value is -3.98. The van der Waals surface area contributed by atoms with Gasteiger partial charge in [0.05, 0.1) is 29.7 Å². The maximum absolute atomic E-state index is 13.3. The van der Waals surface area contributed by atoms with Crippen LogP contribution in [0, 0.1) is 11.3 Å². The molecular weight excluding hydrogens is 728 g/mol. The van der Waals surface area contributed by atoms with Gasteiger partial charge in [-0.2, -0.15) is 4.99 Å². The van der Waals surface area contributed by atoms with E-state index < -0.39 is 132 Å². The molecule has 0 aromatic carbocycles. The largest absolute Gasteiger partial charge is 0.508 e. The lowest BCUT2D eigenvalue weighted by Crippen LogP contribution is -2.70. The van der Waals surface area contributed by atoms with Gasteiger partial charge in [-0.05, 0) is 33.0 Å². The van der Waals surface area contributed by atoms with E-state index in [4.69, 9.17) is 38.6 Å². The van der Waals surface area contributed by atoms with Gasteiger partial charge in [-0.1, -0.05) is 19.9 Å². The normalized spacial score (nSPS) is 34.2. The number of thiocarbonyl (C=S) groups is 1. The van der Waals surface area contributed by atoms with E-state index in [1.165, 1.54) is 34.0 Å². The van der Waals surface area contributed by atoms with Gasteiger partial charge in [-0.15, -0.1) is 0 Å². The molecule has 19 nitrogen and oxygen atoms in total. The number of hydrogen-bond donors (Lipinski definition) is 6. The number of carbonyl (C=O) groups is 5. The fourth-order valence-electron chi connectivity index (χ4n) is 6.31. The predicted molar refractivity (Wildman–Crippen MR) is 180 cm³/mol. The Morgan fingerprint density at radius 2 is 1.81 bits per heavy atom. The molecule has 0 radical (unpaired) electrons. The summed E-state index contributed by atoms with van der Waals surface area (Å²) in [5, 5.41) is 66.0. The molecule has 0 aromatic rings. The molecule has 6 N–H and O–H groups in total. The first-order valence-corrected chi connectivity index (χ1v) is 16.8. The van der Waals surface area contributed by atoms with Crippen molar-refractivity contribution in [2.75, 3.05) is 13.7 Å². The number of aliphatic imine (C=N–C) groups is 1. The summed E-state index contributed by atoms with van der Waals surface area (Å²) >= 11 is 4.60. The number of aliphatic hydroxyl groups is 4. The molecule has 2 aliphatic heterocycles. The number of carboxylic acid groups (broad SMARTS) is 1. The number of carboxylic acids is 1. The van der Waals surface area contributed by atoms with E-state index in [0.717, 1.165) is 6.92 Å². The van der Waals surface area contributed by atoms with Crippen molar-refractivity contribution in [1.82, 2.24) is 0 Å². The van der Waals surface area contributed by atoms with Gasteiger partial charge in [0.15, 0.2) is 35.1 Å². The first-order chi connectivity index (χ1) is 24.7. The molecule has 0 bridgehead atoms. The molecule has 0 saturated carbocycles. The number of ketones is 1. The number of esters is 3. The molecule has 0 spiro atoms. The number of hydrogen-bond acceptors (Lipinski definition) is 19. The average molecular weight is 773 g/mol. The Kier molecular flexibility index (Phi) is 14.3. The van der Waals surface area contributed by atoms with Crippen molar-refractivity contribution in [3.63, 3.8) is 0 Å². The number of aliphatic hydroxyl groups excluding tert-OH is 2. The molecule has 3 rings (SSSR count). The predicted octanol–water partition coefficient (Wildman–Crippen LogP) is 0.0705. The highest BCUT2D eigenvalue weighted by Crippen LogP contribution is 2.42. The molecule has 0 amide bonds. The molecule has 2 heterocycles. The number of nitrogens with one attached hydrogen (secondary N) is 1. The zero-order chi connectivity index (χ0) is 40.2. The Morgan fingerprint density at radius 3 is 2.34 bits per heavy atom. The lowest BCUT2D eigenvalue weighted by Gasteiger charge is -2.52. The molecule has 0 aromatic heterocycles. The van der Waals surface area contributed by atoms with Crippen LogP contribution in [0.3, 0.4) is 0 Å². The third-order valence-electron chi connectivity index (χ3n) is 9.23. The first kappa shape index (κ1) is 43.4. The molecule has 53 heavy (non-hydrogen) atoms. The second kappa shape index (κ2) is 17.4. The quantitative estimate of drug-likeness (QED) is 0.0475. The zero-order valence-corrected chi connectivity index (χ0v) is 30.8. The minimum atomic E-state index is -3.03. The number of aliphatic carboxylic acids is 1. The van der Waals surface area contributed by atoms with Crippen LogP contribution in [0.15, 0.2) is 28.1 Å². The lowest BCUT2D eigenvalue weighted by atomic mass is 9.74. The molecule has 4 unspecified atom stereocenters. The minimum absolute atomic E-state index is 0.325. The third-order valence-corrected chi connectivity index (χ3v) is 9.32. The SMILES string of the molecule is C/C=C(/N=C=S)C(=O)O[C@H]1C(O[C@H]2C[C@H](OC)[C@@](O)(C(C)OC(=O)C(C)C)[C@H](C)O2)[C@@H](O)C(C2(O)CC(=O)C(=N)C(C(=O)O)=C2O)O[C@@H]1COC(C)=O. The maximum Gasteiger partial charge on any atom is 0.357 e. The molecule has 2 saturated heterocycles. The summed E-state index contributed by atoms with van der Waals surface area (Å²) in [5.74, 6) is -7.74. The Morgan fingerprint density at radius 1 is 1.17 bits per heavy atom. The summed E-state index contributed by atoms with van der Waals surface area (Å²) in [6.45, 7) is 7.77. The van der Waals surface area contributed by atoms with Gasteiger partial charge in [-0.3, -0.25) is 19.8 Å². The minimum Gasteiger partial charge on any atom is -0.508 e. The summed E-state index contributed by atoms with van der Waals surface area (Å²) < 4.78 is 39.9. The van der Waals surface area contributed by atoms with Gasteiger partial charge < -0.3 is 58.7 Å². The van der Waals surface area contributed by atoms with Crippen LogP contribution < -0.4 is 0 Å². The molecule has 11 atom stereocenters. The third kappa shape index (κ3) is 8.88. The Balaban J connectivity index is 2.15. The van der Waals surface area contributed by atoms with Crippen molar-refractivity contribution in [2.45, 2.75) is 121 Å². The number of allylic oxidation sites excluding steroid dienone is 1. The van der Waals surface area contributed by atoms with Crippen molar-refractivity contribution < 1.29 is 82.7 Å². The smallest absolute Gasteiger partial charge is 0.357 e. The number of ether oxygens (including phenoxy) is 7. The van der Waals surface area contributed by atoms with Crippen LogP contribution in [0.25, 0.3) is 0 Å². The van der Waals surface area contributed by atoms with Crippen LogP contribution >= 0.6 is 12.2 Å². The van der Waals surface area contributed by atoms with Crippen LogP contribution in [0.1, 0.15) is 54.4 Å². The van der Waals surface area contributed by atoms with Gasteiger partial charge in [0.25, 0.3) is 0 Å². The lowest BCUT2D eigenvalue weighted by molar-refractivity contribution is -0.345. The molecule has 3 aliphatic rings. The van der Waals surface area contributed by atoms with Gasteiger partial charge in [0, 0.05) is 20.5 Å². The Labute approximate surface area is 309 Å². The molecule has 294 valence electrons. The van der Waals surface area contributed by atoms with Crippen LogP contribution in [0.2, 0.25) is 0 Å². The van der Waals surface area contributed by atoms with Gasteiger partial charge >= 0.3 is 23.9 Å². The standard InChI is InChI=1S/C33H44N2O17S/c1-8-17(35-12-53)31(43)52-25-19(11-47-16(6)36)50-28(32(44)10-18(37)23(34)22(27(32)39)29(40)41)24(38)26(25)51-21-9-20(46-7)33(45,14(4)48-21)15(5)49-30(42)13(2)3/h8,13-15,19-21,24-26,28,34,38-39,44-45H,9-11H2,1-7H3,(H,40,41)/b17-8+,34-23?/t14-,15?,19+,20-,21-,24+,25+,26?,28?,32?,33-/m0/s1. The molecule has 1 aliphatic carbocycles. The van der Waals surface area contributed by atoms with E-state index in [2.05, 4.69) is 17.2 Å².